The minimum Gasteiger partial charge on any atom is -0.495 e. The van der Waals surface area contributed by atoms with Crippen molar-refractivity contribution < 1.29 is 9.47 Å². The van der Waals surface area contributed by atoms with Crippen LogP contribution in [-0.2, 0) is 4.74 Å². The van der Waals surface area contributed by atoms with Gasteiger partial charge in [0.2, 0.25) is 0 Å². The van der Waals surface area contributed by atoms with Gasteiger partial charge >= 0.3 is 0 Å². The van der Waals surface area contributed by atoms with E-state index in [4.69, 9.17) is 9.47 Å². The SMILES string of the molecule is COc1cc(C)c(C)cc1NCCC1CNCCO1. The Labute approximate surface area is 115 Å². The van der Waals surface area contributed by atoms with E-state index in [-0.39, 0.29) is 0 Å². The Bertz CT molecular complexity index is 415. The van der Waals surface area contributed by atoms with Gasteiger partial charge in [0.05, 0.1) is 25.5 Å². The number of anilines is 1. The predicted molar refractivity (Wildman–Crippen MR) is 78.2 cm³/mol. The quantitative estimate of drug-likeness (QED) is 0.854. The summed E-state index contributed by atoms with van der Waals surface area (Å²) in [5.74, 6) is 0.908. The number of rotatable bonds is 5. The summed E-state index contributed by atoms with van der Waals surface area (Å²) in [6.45, 7) is 7.85. The van der Waals surface area contributed by atoms with E-state index in [9.17, 15) is 0 Å². The van der Waals surface area contributed by atoms with Crippen molar-refractivity contribution in [2.24, 2.45) is 0 Å². The van der Waals surface area contributed by atoms with Crippen LogP contribution in [0.25, 0.3) is 0 Å². The topological polar surface area (TPSA) is 42.5 Å². The molecule has 4 heteroatoms. The molecule has 0 amide bonds. The smallest absolute Gasteiger partial charge is 0.142 e. The van der Waals surface area contributed by atoms with Gasteiger partial charge in [0.15, 0.2) is 0 Å². The zero-order chi connectivity index (χ0) is 13.7. The summed E-state index contributed by atoms with van der Waals surface area (Å²) < 4.78 is 11.1. The third-order valence-corrected chi connectivity index (χ3v) is 3.60. The van der Waals surface area contributed by atoms with Crippen LogP contribution in [0.5, 0.6) is 5.75 Å². The molecule has 1 unspecified atom stereocenters. The average molecular weight is 264 g/mol. The number of hydrogen-bond donors (Lipinski definition) is 2. The summed E-state index contributed by atoms with van der Waals surface area (Å²) >= 11 is 0. The highest BCUT2D eigenvalue weighted by Gasteiger charge is 2.13. The zero-order valence-electron chi connectivity index (χ0n) is 12.1. The molecule has 0 aromatic heterocycles. The highest BCUT2D eigenvalue weighted by molar-refractivity contribution is 5.59. The Morgan fingerprint density at radius 3 is 2.84 bits per heavy atom. The van der Waals surface area contributed by atoms with Gasteiger partial charge in [-0.15, -0.1) is 0 Å². The van der Waals surface area contributed by atoms with Crippen LogP contribution in [-0.4, -0.2) is 39.5 Å². The van der Waals surface area contributed by atoms with E-state index in [1.165, 1.54) is 11.1 Å². The van der Waals surface area contributed by atoms with Crippen molar-refractivity contribution in [2.75, 3.05) is 38.7 Å². The lowest BCUT2D eigenvalue weighted by atomic mass is 10.1. The molecule has 2 N–H and O–H groups in total. The van der Waals surface area contributed by atoms with E-state index in [1.807, 2.05) is 0 Å². The van der Waals surface area contributed by atoms with E-state index >= 15 is 0 Å². The minimum absolute atomic E-state index is 0.318. The van der Waals surface area contributed by atoms with Crippen molar-refractivity contribution in [3.05, 3.63) is 23.3 Å². The summed E-state index contributed by atoms with van der Waals surface area (Å²) in [6, 6.07) is 4.23. The molecule has 0 aliphatic carbocycles. The first-order chi connectivity index (χ1) is 9.20. The highest BCUT2D eigenvalue weighted by Crippen LogP contribution is 2.27. The molecule has 1 fully saturated rings. The van der Waals surface area contributed by atoms with Crippen LogP contribution in [0.2, 0.25) is 0 Å². The van der Waals surface area contributed by atoms with Gasteiger partial charge in [0.1, 0.15) is 5.75 Å². The van der Waals surface area contributed by atoms with Crippen molar-refractivity contribution in [1.82, 2.24) is 5.32 Å². The van der Waals surface area contributed by atoms with E-state index in [2.05, 4.69) is 36.6 Å². The van der Waals surface area contributed by atoms with Crippen LogP contribution in [0.4, 0.5) is 5.69 Å². The number of ether oxygens (including phenoxy) is 2. The van der Waals surface area contributed by atoms with Crippen molar-refractivity contribution in [3.63, 3.8) is 0 Å². The van der Waals surface area contributed by atoms with Crippen molar-refractivity contribution in [2.45, 2.75) is 26.4 Å². The molecule has 0 radical (unpaired) electrons. The Balaban J connectivity index is 1.89. The second kappa shape index (κ2) is 6.78. The fraction of sp³-hybridized carbons (Fsp3) is 0.600. The van der Waals surface area contributed by atoms with Crippen LogP contribution in [0.3, 0.4) is 0 Å². The Morgan fingerprint density at radius 1 is 1.37 bits per heavy atom. The average Bonchev–Trinajstić information content (AvgIpc) is 2.43. The number of benzene rings is 1. The van der Waals surface area contributed by atoms with Gasteiger partial charge in [-0.25, -0.2) is 0 Å². The first kappa shape index (κ1) is 14.2. The molecular formula is C15H24N2O2. The lowest BCUT2D eigenvalue weighted by molar-refractivity contribution is 0.0258. The number of morpholine rings is 1. The van der Waals surface area contributed by atoms with Gasteiger partial charge in [-0.2, -0.15) is 0 Å². The molecular weight excluding hydrogens is 240 g/mol. The van der Waals surface area contributed by atoms with Gasteiger partial charge in [-0.1, -0.05) is 0 Å². The van der Waals surface area contributed by atoms with E-state index in [0.29, 0.717) is 6.10 Å². The molecule has 1 atom stereocenters. The number of aryl methyl sites for hydroxylation is 2. The van der Waals surface area contributed by atoms with Gasteiger partial charge in [-0.3, -0.25) is 0 Å². The Hall–Kier alpha value is -1.26. The molecule has 2 rings (SSSR count). The standard InChI is InChI=1S/C15H24N2O2/c1-11-8-14(15(18-3)9-12(11)2)17-5-4-13-10-16-6-7-19-13/h8-9,13,16-17H,4-7,10H2,1-3H3. The Kier molecular flexibility index (Phi) is 5.05. The van der Waals surface area contributed by atoms with E-state index in [1.54, 1.807) is 7.11 Å². The molecule has 1 aliphatic heterocycles. The lowest BCUT2D eigenvalue weighted by Gasteiger charge is -2.24. The molecule has 1 saturated heterocycles. The molecule has 4 nitrogen and oxygen atoms in total. The second-order valence-electron chi connectivity index (χ2n) is 5.05. The number of hydrogen-bond acceptors (Lipinski definition) is 4. The zero-order valence-corrected chi connectivity index (χ0v) is 12.1. The normalized spacial score (nSPS) is 19.2. The molecule has 19 heavy (non-hydrogen) atoms. The molecule has 0 spiro atoms. The summed E-state index contributed by atoms with van der Waals surface area (Å²) in [5, 5.41) is 6.79. The second-order valence-corrected chi connectivity index (χ2v) is 5.05. The van der Waals surface area contributed by atoms with Crippen LogP contribution in [0.1, 0.15) is 17.5 Å². The van der Waals surface area contributed by atoms with Gasteiger partial charge in [-0.05, 0) is 43.5 Å². The maximum atomic E-state index is 5.68. The monoisotopic (exact) mass is 264 g/mol. The van der Waals surface area contributed by atoms with Crippen LogP contribution in [0, 0.1) is 13.8 Å². The summed E-state index contributed by atoms with van der Waals surface area (Å²) in [5.41, 5.74) is 3.59. The van der Waals surface area contributed by atoms with Gasteiger partial charge in [0, 0.05) is 19.6 Å². The molecule has 106 valence electrons. The van der Waals surface area contributed by atoms with Crippen molar-refractivity contribution >= 4 is 5.69 Å². The maximum absolute atomic E-state index is 5.68. The van der Waals surface area contributed by atoms with Crippen LogP contribution >= 0.6 is 0 Å². The number of nitrogens with one attached hydrogen (secondary N) is 2. The Morgan fingerprint density at radius 2 is 2.16 bits per heavy atom. The maximum Gasteiger partial charge on any atom is 0.142 e. The summed E-state index contributed by atoms with van der Waals surface area (Å²) in [4.78, 5) is 0. The largest absolute Gasteiger partial charge is 0.495 e. The molecule has 1 aromatic carbocycles. The van der Waals surface area contributed by atoms with E-state index in [0.717, 1.165) is 44.1 Å². The predicted octanol–water partition coefficient (Wildman–Crippen LogP) is 2.10. The fourth-order valence-electron chi connectivity index (χ4n) is 2.27. The van der Waals surface area contributed by atoms with E-state index < -0.39 is 0 Å². The van der Waals surface area contributed by atoms with Crippen LogP contribution in [0.15, 0.2) is 12.1 Å². The molecule has 1 aromatic rings. The van der Waals surface area contributed by atoms with Crippen LogP contribution < -0.4 is 15.4 Å². The van der Waals surface area contributed by atoms with Crippen molar-refractivity contribution in [1.29, 1.82) is 0 Å². The first-order valence-corrected chi connectivity index (χ1v) is 6.92. The molecule has 0 bridgehead atoms. The number of methoxy groups -OCH3 is 1. The summed E-state index contributed by atoms with van der Waals surface area (Å²) in [6.07, 6.45) is 1.32. The lowest BCUT2D eigenvalue weighted by Crippen LogP contribution is -2.39. The third-order valence-electron chi connectivity index (χ3n) is 3.60. The van der Waals surface area contributed by atoms with Crippen molar-refractivity contribution in [3.8, 4) is 5.75 Å². The molecule has 1 heterocycles. The first-order valence-electron chi connectivity index (χ1n) is 6.92. The molecule has 1 aliphatic rings. The van der Waals surface area contributed by atoms with Gasteiger partial charge in [0.25, 0.3) is 0 Å². The van der Waals surface area contributed by atoms with Gasteiger partial charge < -0.3 is 20.1 Å². The highest BCUT2D eigenvalue weighted by atomic mass is 16.5. The summed E-state index contributed by atoms with van der Waals surface area (Å²) in [7, 11) is 1.71. The fourth-order valence-corrected chi connectivity index (χ4v) is 2.27. The third kappa shape index (κ3) is 3.85. The minimum atomic E-state index is 0.318. The molecule has 0 saturated carbocycles.